The molecule has 3 N–H and O–H groups in total. The maximum atomic E-state index is 14.5. The summed E-state index contributed by atoms with van der Waals surface area (Å²) >= 11 is 0. The molecule has 7 nitrogen and oxygen atoms in total. The summed E-state index contributed by atoms with van der Waals surface area (Å²) in [6.45, 7) is 0. The van der Waals surface area contributed by atoms with Crippen LogP contribution in [0.15, 0.2) is 77.9 Å². The summed E-state index contributed by atoms with van der Waals surface area (Å²) in [6.07, 6.45) is -6.82. The van der Waals surface area contributed by atoms with Gasteiger partial charge in [-0.05, 0) is 48.0 Å². The predicted molar refractivity (Wildman–Crippen MR) is 123 cm³/mol. The molecule has 14 heteroatoms. The van der Waals surface area contributed by atoms with Gasteiger partial charge < -0.3 is 15.4 Å². The molecule has 4 rings (SSSR count). The highest BCUT2D eigenvalue weighted by molar-refractivity contribution is 5.98. The van der Waals surface area contributed by atoms with Crippen LogP contribution in [0.2, 0.25) is 0 Å². The first-order chi connectivity index (χ1) is 18.2. The molecule has 0 radical (unpaired) electrons. The van der Waals surface area contributed by atoms with Crippen LogP contribution in [0.5, 0.6) is 0 Å². The van der Waals surface area contributed by atoms with Crippen LogP contribution in [0.3, 0.4) is 0 Å². The number of carbonyl (C=O) groups excluding carboxylic acids is 1. The third kappa shape index (κ3) is 7.18. The number of halogens is 7. The van der Waals surface area contributed by atoms with Crippen molar-refractivity contribution < 1.29 is 45.4 Å². The first-order valence-electron chi connectivity index (χ1n) is 10.7. The molecule has 39 heavy (non-hydrogen) atoms. The van der Waals surface area contributed by atoms with Crippen molar-refractivity contribution in [3.05, 3.63) is 111 Å². The molecular formula is C25H16F7N3O4. The molecule has 0 aliphatic heterocycles. The second kappa shape index (κ2) is 11.3. The maximum absolute atomic E-state index is 14.5. The van der Waals surface area contributed by atoms with Gasteiger partial charge in [0.2, 0.25) is 0 Å². The number of carboxylic acids is 1. The zero-order chi connectivity index (χ0) is 29.0. The minimum Gasteiger partial charge on any atom is -0.475 e. The standard InChI is InChI=1S/C23H15F4N3O2.C2HF3O2/c24-17-2-1-10-29-21(17)20(13-3-6-15(7-4-13)23(25,26)27)30-22(32)14-5-8-18-16(12-14)19(31)9-11-28-18;3-2(4,5)1(6)7/h1-12,20H,(H,28,31)(H,30,32);(H,6,7)/t20-;/m0./s1. The average molecular weight is 555 g/mol. The van der Waals surface area contributed by atoms with Crippen LogP contribution in [-0.2, 0) is 11.0 Å². The molecule has 0 fully saturated rings. The minimum atomic E-state index is -5.08. The fourth-order valence-corrected chi connectivity index (χ4v) is 3.31. The van der Waals surface area contributed by atoms with Gasteiger partial charge >= 0.3 is 18.3 Å². The van der Waals surface area contributed by atoms with E-state index in [4.69, 9.17) is 9.90 Å². The van der Waals surface area contributed by atoms with Gasteiger partial charge in [-0.1, -0.05) is 12.1 Å². The Balaban J connectivity index is 0.000000532. The molecule has 0 spiro atoms. The van der Waals surface area contributed by atoms with Crippen LogP contribution in [0.25, 0.3) is 10.9 Å². The van der Waals surface area contributed by atoms with Gasteiger partial charge in [-0.2, -0.15) is 26.3 Å². The van der Waals surface area contributed by atoms with Gasteiger partial charge in [0.15, 0.2) is 5.43 Å². The first-order valence-corrected chi connectivity index (χ1v) is 10.7. The van der Waals surface area contributed by atoms with Gasteiger partial charge in [0.25, 0.3) is 5.91 Å². The number of pyridine rings is 2. The number of hydrogen-bond donors (Lipinski definition) is 3. The van der Waals surface area contributed by atoms with E-state index >= 15 is 0 Å². The average Bonchev–Trinajstić information content (AvgIpc) is 2.87. The zero-order valence-corrected chi connectivity index (χ0v) is 19.3. The summed E-state index contributed by atoms with van der Waals surface area (Å²) in [5.74, 6) is -4.13. The van der Waals surface area contributed by atoms with E-state index in [0.717, 1.165) is 30.3 Å². The van der Waals surface area contributed by atoms with Crippen LogP contribution in [0, 0.1) is 5.82 Å². The highest BCUT2D eigenvalue weighted by Gasteiger charge is 2.38. The third-order valence-electron chi connectivity index (χ3n) is 5.17. The summed E-state index contributed by atoms with van der Waals surface area (Å²) in [4.78, 5) is 40.8. The van der Waals surface area contributed by atoms with E-state index in [1.807, 2.05) is 0 Å². The molecule has 0 saturated heterocycles. The van der Waals surface area contributed by atoms with Crippen molar-refractivity contribution in [3.8, 4) is 0 Å². The molecule has 0 aliphatic rings. The Morgan fingerprint density at radius 3 is 2.15 bits per heavy atom. The summed E-state index contributed by atoms with van der Waals surface area (Å²) in [5.41, 5.74) is -0.446. The number of amides is 1. The Kier molecular flexibility index (Phi) is 8.37. The first kappa shape index (κ1) is 28.8. The highest BCUT2D eigenvalue weighted by atomic mass is 19.4. The van der Waals surface area contributed by atoms with E-state index in [-0.39, 0.29) is 27.6 Å². The third-order valence-corrected chi connectivity index (χ3v) is 5.17. The minimum absolute atomic E-state index is 0.127. The normalized spacial score (nSPS) is 12.3. The summed E-state index contributed by atoms with van der Waals surface area (Å²) in [7, 11) is 0. The molecule has 2 aromatic carbocycles. The van der Waals surface area contributed by atoms with E-state index in [9.17, 15) is 40.3 Å². The lowest BCUT2D eigenvalue weighted by atomic mass is 10.00. The number of alkyl halides is 6. The number of aliphatic carboxylic acids is 1. The lowest BCUT2D eigenvalue weighted by Gasteiger charge is -2.20. The van der Waals surface area contributed by atoms with E-state index in [1.165, 1.54) is 36.7 Å². The molecule has 2 heterocycles. The quantitative estimate of drug-likeness (QED) is 0.299. The number of nitrogens with one attached hydrogen (secondary N) is 2. The zero-order valence-electron chi connectivity index (χ0n) is 19.3. The van der Waals surface area contributed by atoms with Gasteiger partial charge in [-0.15, -0.1) is 0 Å². The van der Waals surface area contributed by atoms with Crippen LogP contribution >= 0.6 is 0 Å². The lowest BCUT2D eigenvalue weighted by Crippen LogP contribution is -2.30. The van der Waals surface area contributed by atoms with Crippen molar-refractivity contribution in [1.82, 2.24) is 15.3 Å². The fraction of sp³-hybridized carbons (Fsp3) is 0.120. The SMILES string of the molecule is O=C(N[C@@H](c1ccc(C(F)(F)F)cc1)c1ncccc1F)c1ccc2[nH]ccc(=O)c2c1.O=C(O)C(F)(F)F. The van der Waals surface area contributed by atoms with Crippen LogP contribution in [0.1, 0.15) is 33.2 Å². The summed E-state index contributed by atoms with van der Waals surface area (Å²) < 4.78 is 85.0. The van der Waals surface area contributed by atoms with Gasteiger partial charge in [0, 0.05) is 34.9 Å². The van der Waals surface area contributed by atoms with Gasteiger partial charge in [0.1, 0.15) is 11.5 Å². The van der Waals surface area contributed by atoms with Crippen molar-refractivity contribution in [3.63, 3.8) is 0 Å². The Labute approximate surface area is 213 Å². The molecule has 0 bridgehead atoms. The van der Waals surface area contributed by atoms with Crippen molar-refractivity contribution >= 4 is 22.8 Å². The van der Waals surface area contributed by atoms with Crippen LogP contribution < -0.4 is 10.7 Å². The molecule has 0 aliphatic carbocycles. The Morgan fingerprint density at radius 2 is 1.59 bits per heavy atom. The second-order valence-corrected chi connectivity index (χ2v) is 7.80. The van der Waals surface area contributed by atoms with Gasteiger partial charge in [-0.25, -0.2) is 9.18 Å². The second-order valence-electron chi connectivity index (χ2n) is 7.80. The van der Waals surface area contributed by atoms with Crippen molar-refractivity contribution in [2.45, 2.75) is 18.4 Å². The van der Waals surface area contributed by atoms with E-state index in [1.54, 1.807) is 6.07 Å². The van der Waals surface area contributed by atoms with Crippen LogP contribution in [0.4, 0.5) is 30.7 Å². The van der Waals surface area contributed by atoms with Crippen molar-refractivity contribution in [1.29, 1.82) is 0 Å². The molecule has 0 saturated carbocycles. The van der Waals surface area contributed by atoms with Crippen molar-refractivity contribution in [2.24, 2.45) is 0 Å². The molecular weight excluding hydrogens is 539 g/mol. The van der Waals surface area contributed by atoms with E-state index in [0.29, 0.717) is 5.52 Å². The monoisotopic (exact) mass is 555 g/mol. The summed E-state index contributed by atoms with van der Waals surface area (Å²) in [6, 6.07) is 11.1. The summed E-state index contributed by atoms with van der Waals surface area (Å²) in [5, 5.41) is 10.0. The Bertz CT molecular complexity index is 1550. The van der Waals surface area contributed by atoms with Crippen molar-refractivity contribution in [2.75, 3.05) is 0 Å². The Morgan fingerprint density at radius 1 is 0.949 bits per heavy atom. The molecule has 1 atom stereocenters. The number of aromatic nitrogens is 2. The largest absolute Gasteiger partial charge is 0.490 e. The maximum Gasteiger partial charge on any atom is 0.490 e. The number of carbonyl (C=O) groups is 2. The fourth-order valence-electron chi connectivity index (χ4n) is 3.31. The smallest absolute Gasteiger partial charge is 0.475 e. The van der Waals surface area contributed by atoms with E-state index in [2.05, 4.69) is 15.3 Å². The number of nitrogens with zero attached hydrogens (tertiary/aromatic N) is 1. The molecule has 2 aromatic heterocycles. The topological polar surface area (TPSA) is 112 Å². The highest BCUT2D eigenvalue weighted by Crippen LogP contribution is 2.31. The lowest BCUT2D eigenvalue weighted by molar-refractivity contribution is -0.192. The number of H-pyrrole nitrogens is 1. The number of fused-ring (bicyclic) bond motifs is 1. The predicted octanol–water partition coefficient (Wildman–Crippen LogP) is 5.23. The molecule has 1 amide bonds. The van der Waals surface area contributed by atoms with E-state index < -0.39 is 41.7 Å². The molecule has 4 aromatic rings. The number of hydrogen-bond acceptors (Lipinski definition) is 4. The Hall–Kier alpha value is -4.75. The molecule has 204 valence electrons. The number of rotatable bonds is 4. The van der Waals surface area contributed by atoms with Crippen LogP contribution in [-0.4, -0.2) is 33.1 Å². The number of carboxylic acid groups (broad SMARTS) is 1. The van der Waals surface area contributed by atoms with Gasteiger partial charge in [-0.3, -0.25) is 14.6 Å². The van der Waals surface area contributed by atoms with Gasteiger partial charge in [0.05, 0.1) is 11.6 Å². The molecule has 0 unspecified atom stereocenters. The number of benzene rings is 2. The number of aromatic amines is 1.